The Hall–Kier alpha value is -5.48. The molecule has 2 heterocycles. The van der Waals surface area contributed by atoms with Crippen LogP contribution in [-0.2, 0) is 6.42 Å². The molecule has 0 N–H and O–H groups in total. The molecule has 0 saturated carbocycles. The lowest BCUT2D eigenvalue weighted by Gasteiger charge is -2.28. The van der Waals surface area contributed by atoms with Crippen molar-refractivity contribution in [3.63, 3.8) is 0 Å². The van der Waals surface area contributed by atoms with Gasteiger partial charge in [0.1, 0.15) is 0 Å². The minimum absolute atomic E-state index is 1.06. The summed E-state index contributed by atoms with van der Waals surface area (Å²) >= 11 is 3.64. The molecule has 8 rings (SSSR count). The molecule has 2 aromatic heterocycles. The Morgan fingerprint density at radius 3 is 1.86 bits per heavy atom. The molecule has 0 spiro atoms. The van der Waals surface area contributed by atoms with Gasteiger partial charge in [-0.15, -0.1) is 22.7 Å². The topological polar surface area (TPSA) is 3.24 Å². The zero-order chi connectivity index (χ0) is 34.1. The molecular weight excluding hydrogens is 643 g/mol. The Morgan fingerprint density at radius 2 is 1.18 bits per heavy atom. The first-order valence-corrected chi connectivity index (χ1v) is 18.7. The summed E-state index contributed by atoms with van der Waals surface area (Å²) in [5.41, 5.74) is 7.23. The van der Waals surface area contributed by atoms with Gasteiger partial charge in [-0.2, -0.15) is 0 Å². The van der Waals surface area contributed by atoms with E-state index in [0.717, 1.165) is 17.8 Å². The van der Waals surface area contributed by atoms with Gasteiger partial charge in [-0.05, 0) is 95.0 Å². The summed E-state index contributed by atoms with van der Waals surface area (Å²) in [6.45, 7) is 4.16. The Balaban J connectivity index is 0.000000306. The average molecular weight is 682 g/mol. The van der Waals surface area contributed by atoms with Crippen molar-refractivity contribution < 1.29 is 0 Å². The van der Waals surface area contributed by atoms with Crippen LogP contribution < -0.4 is 4.90 Å². The van der Waals surface area contributed by atoms with Crippen LogP contribution in [0.3, 0.4) is 0 Å². The van der Waals surface area contributed by atoms with E-state index >= 15 is 0 Å². The van der Waals surface area contributed by atoms with Gasteiger partial charge in [0.15, 0.2) is 0 Å². The van der Waals surface area contributed by atoms with Crippen LogP contribution in [-0.4, -0.2) is 0 Å². The van der Waals surface area contributed by atoms with E-state index < -0.39 is 0 Å². The molecule has 0 aliphatic heterocycles. The predicted molar refractivity (Wildman–Crippen MR) is 222 cm³/mol. The third-order valence-electron chi connectivity index (χ3n) is 8.69. The largest absolute Gasteiger partial charge is 0.310 e. The quantitative estimate of drug-likeness (QED) is 0.114. The van der Waals surface area contributed by atoms with E-state index in [1.807, 2.05) is 30.4 Å². The van der Waals surface area contributed by atoms with Crippen LogP contribution in [0, 0.1) is 6.92 Å². The Morgan fingerprint density at radius 1 is 0.560 bits per heavy atom. The number of hydrogen-bond donors (Lipinski definition) is 0. The number of rotatable bonds is 8. The summed E-state index contributed by atoms with van der Waals surface area (Å²) in [6.07, 6.45) is 9.39. The minimum atomic E-state index is 1.06. The van der Waals surface area contributed by atoms with Crippen LogP contribution in [0.25, 0.3) is 42.4 Å². The van der Waals surface area contributed by atoms with Gasteiger partial charge in [0, 0.05) is 37.8 Å². The smallest absolute Gasteiger partial charge is 0.0546 e. The molecule has 8 aromatic rings. The second kappa shape index (κ2) is 15.8. The van der Waals surface area contributed by atoms with Crippen LogP contribution in [0.1, 0.15) is 17.4 Å². The fourth-order valence-corrected chi connectivity index (χ4v) is 7.87. The van der Waals surface area contributed by atoms with Gasteiger partial charge in [-0.1, -0.05) is 139 Å². The third-order valence-corrected chi connectivity index (χ3v) is 10.8. The molecule has 244 valence electrons. The second-order valence-electron chi connectivity index (χ2n) is 12.1. The maximum atomic E-state index is 2.39. The van der Waals surface area contributed by atoms with Crippen molar-refractivity contribution in [2.75, 3.05) is 4.90 Å². The molecule has 0 bridgehead atoms. The van der Waals surface area contributed by atoms with Gasteiger partial charge in [-0.25, -0.2) is 0 Å². The van der Waals surface area contributed by atoms with Gasteiger partial charge in [-0.3, -0.25) is 0 Å². The van der Waals surface area contributed by atoms with Crippen LogP contribution in [0.2, 0.25) is 0 Å². The van der Waals surface area contributed by atoms with Crippen LogP contribution in [0.5, 0.6) is 0 Å². The van der Waals surface area contributed by atoms with E-state index in [9.17, 15) is 0 Å². The van der Waals surface area contributed by atoms with Crippen molar-refractivity contribution in [2.45, 2.75) is 20.3 Å². The maximum Gasteiger partial charge on any atom is 0.0546 e. The fraction of sp³-hybridized carbons (Fsp3) is 0.0638. The summed E-state index contributed by atoms with van der Waals surface area (Å²) in [4.78, 5) is 6.38. The van der Waals surface area contributed by atoms with Crippen molar-refractivity contribution in [1.29, 1.82) is 0 Å². The molecule has 1 nitrogen and oxygen atoms in total. The molecule has 0 amide bonds. The van der Waals surface area contributed by atoms with Crippen molar-refractivity contribution in [3.8, 4) is 20.9 Å². The molecule has 6 aromatic carbocycles. The van der Waals surface area contributed by atoms with Crippen molar-refractivity contribution in [1.82, 2.24) is 0 Å². The third kappa shape index (κ3) is 7.55. The van der Waals surface area contributed by atoms with Crippen LogP contribution in [0.4, 0.5) is 17.1 Å². The molecule has 0 saturated heterocycles. The number of allylic oxidation sites excluding steroid dienone is 4. The number of benzene rings is 6. The molecule has 50 heavy (non-hydrogen) atoms. The maximum absolute atomic E-state index is 2.39. The van der Waals surface area contributed by atoms with Gasteiger partial charge in [0.25, 0.3) is 0 Å². The van der Waals surface area contributed by atoms with Gasteiger partial charge in [0.05, 0.1) is 5.69 Å². The Kier molecular flexibility index (Phi) is 10.5. The van der Waals surface area contributed by atoms with Crippen molar-refractivity contribution in [2.24, 2.45) is 0 Å². The zero-order valence-electron chi connectivity index (χ0n) is 28.4. The zero-order valence-corrected chi connectivity index (χ0v) is 30.0. The Bertz CT molecular complexity index is 2340. The van der Waals surface area contributed by atoms with Gasteiger partial charge >= 0.3 is 0 Å². The van der Waals surface area contributed by atoms with Crippen molar-refractivity contribution in [3.05, 3.63) is 198 Å². The number of nitrogens with zero attached hydrogens (tertiary/aromatic N) is 1. The lowest BCUT2D eigenvalue weighted by Crippen LogP contribution is -2.10. The number of aryl methyl sites for hydroxylation is 1. The first kappa shape index (κ1) is 33.0. The highest BCUT2D eigenvalue weighted by atomic mass is 32.1. The molecule has 0 aliphatic rings. The number of hydrogen-bond acceptors (Lipinski definition) is 3. The fourth-order valence-electron chi connectivity index (χ4n) is 6.17. The van der Waals surface area contributed by atoms with E-state index in [4.69, 9.17) is 0 Å². The second-order valence-corrected chi connectivity index (χ2v) is 14.3. The molecule has 0 aliphatic carbocycles. The van der Waals surface area contributed by atoms with E-state index in [-0.39, 0.29) is 0 Å². The van der Waals surface area contributed by atoms with Crippen LogP contribution >= 0.6 is 22.7 Å². The lowest BCUT2D eigenvalue weighted by molar-refractivity contribution is 1.29. The first-order chi connectivity index (χ1) is 24.7. The van der Waals surface area contributed by atoms with E-state index in [1.165, 1.54) is 58.6 Å². The highest BCUT2D eigenvalue weighted by Gasteiger charge is 2.17. The standard InChI is InChI=1S/C37H27NS.C10H12S/c1-26-15-19-30(20-16-26)38(35-25-29-11-5-6-12-32(29)33-13-7-8-14-34(33)35)31-21-17-28(18-22-31)37-24-23-36(39-37)27-9-3-2-4-10-27;1-2-3-4-5-7-10-8-6-9-11-10/h2-25H,1H3;2-6,8-9H,7H2,1H3/b;3-2-,5-4-. The molecular formula is C47H39NS2. The molecule has 0 atom stereocenters. The number of anilines is 3. The van der Waals surface area contributed by atoms with Gasteiger partial charge in [0.2, 0.25) is 0 Å². The average Bonchev–Trinajstić information content (AvgIpc) is 3.89. The normalized spacial score (nSPS) is 11.3. The minimum Gasteiger partial charge on any atom is -0.310 e. The first-order valence-electron chi connectivity index (χ1n) is 17.0. The molecule has 3 heteroatoms. The summed E-state index contributed by atoms with van der Waals surface area (Å²) in [6, 6.07) is 56.9. The SMILES string of the molecule is C/C=C\C=C/Cc1cccs1.Cc1ccc(N(c2ccc(-c3ccc(-c4ccccc4)s3)cc2)c2cc3ccccc3c3ccccc23)cc1. The highest BCUT2D eigenvalue weighted by molar-refractivity contribution is 7.18. The summed E-state index contributed by atoms with van der Waals surface area (Å²) in [5, 5.41) is 7.15. The van der Waals surface area contributed by atoms with Gasteiger partial charge < -0.3 is 4.90 Å². The number of thiophene rings is 2. The highest BCUT2D eigenvalue weighted by Crippen LogP contribution is 2.43. The van der Waals surface area contributed by atoms with Crippen molar-refractivity contribution >= 4 is 61.3 Å². The summed E-state index contributed by atoms with van der Waals surface area (Å²) in [5.74, 6) is 0. The lowest BCUT2D eigenvalue weighted by atomic mass is 9.99. The Labute approximate surface area is 303 Å². The summed E-state index contributed by atoms with van der Waals surface area (Å²) < 4.78 is 0. The predicted octanol–water partition coefficient (Wildman–Crippen LogP) is 14.6. The number of fused-ring (bicyclic) bond motifs is 3. The molecule has 0 fully saturated rings. The van der Waals surface area contributed by atoms with E-state index in [0.29, 0.717) is 0 Å². The molecule has 0 unspecified atom stereocenters. The van der Waals surface area contributed by atoms with E-state index in [2.05, 4.69) is 187 Å². The van der Waals surface area contributed by atoms with Crippen LogP contribution in [0.15, 0.2) is 187 Å². The van der Waals surface area contributed by atoms with E-state index in [1.54, 1.807) is 11.3 Å². The molecule has 0 radical (unpaired) electrons. The summed E-state index contributed by atoms with van der Waals surface area (Å²) in [7, 11) is 0. The monoisotopic (exact) mass is 681 g/mol.